The lowest BCUT2D eigenvalue weighted by Crippen LogP contribution is -2.63. The van der Waals surface area contributed by atoms with E-state index in [2.05, 4.69) is 4.72 Å². The Kier molecular flexibility index (Phi) is 8.85. The van der Waals surface area contributed by atoms with Crippen LogP contribution in [0.15, 0.2) is 47.4 Å². The Morgan fingerprint density at radius 3 is 2.62 bits per heavy atom. The molecule has 0 saturated carbocycles. The second-order valence-electron chi connectivity index (χ2n) is 7.88. The minimum absolute atomic E-state index is 0.0603. The van der Waals surface area contributed by atoms with Gasteiger partial charge in [-0.05, 0) is 55.7 Å². The topological polar surface area (TPSA) is 123 Å². The monoisotopic (exact) mass is 516 g/mol. The summed E-state index contributed by atoms with van der Waals surface area (Å²) in [7, 11) is -2.58. The van der Waals surface area contributed by atoms with Crippen LogP contribution in [-0.4, -0.2) is 51.5 Å². The van der Waals surface area contributed by atoms with Gasteiger partial charge in [-0.25, -0.2) is 18.3 Å². The van der Waals surface area contributed by atoms with Gasteiger partial charge in [0.15, 0.2) is 0 Å². The van der Waals surface area contributed by atoms with Crippen molar-refractivity contribution in [2.75, 3.05) is 20.3 Å². The van der Waals surface area contributed by atoms with Gasteiger partial charge in [-0.2, -0.15) is 4.72 Å². The van der Waals surface area contributed by atoms with Gasteiger partial charge in [0.1, 0.15) is 23.7 Å². The van der Waals surface area contributed by atoms with Gasteiger partial charge in [-0.1, -0.05) is 17.7 Å². The lowest BCUT2D eigenvalue weighted by molar-refractivity contribution is -0.144. The van der Waals surface area contributed by atoms with E-state index in [-0.39, 0.29) is 35.7 Å². The molecule has 1 aliphatic heterocycles. The third kappa shape index (κ3) is 6.44. The minimum Gasteiger partial charge on any atom is -0.489 e. The molecule has 1 heterocycles. The van der Waals surface area contributed by atoms with Gasteiger partial charge in [-0.3, -0.25) is 10.0 Å². The summed E-state index contributed by atoms with van der Waals surface area (Å²) in [4.78, 5) is 12.3. The molecule has 1 aliphatic rings. The fraction of sp³-hybridized carbons (Fsp3) is 0.409. The standard InChI is InChI=1S/C22H26ClFN2O7S/c1-31-11-9-18-8-10-22(14-33-18,21(27)25-28)26-34(29,30)19-6-4-17(5-7-19)32-13-15-2-3-16(24)12-20(15)23/h2-7,12,18,26,28H,8-11,13-14H2,1H3,(H,25,27). The van der Waals surface area contributed by atoms with Gasteiger partial charge in [0.2, 0.25) is 10.0 Å². The molecule has 0 spiro atoms. The molecule has 0 bridgehead atoms. The molecule has 2 aromatic carbocycles. The second kappa shape index (κ2) is 11.4. The third-order valence-electron chi connectivity index (χ3n) is 5.51. The Bertz CT molecular complexity index is 1090. The van der Waals surface area contributed by atoms with Crippen LogP contribution >= 0.6 is 11.6 Å². The normalized spacial score (nSPS) is 20.6. The first-order valence-electron chi connectivity index (χ1n) is 10.4. The maximum Gasteiger partial charge on any atom is 0.267 e. The van der Waals surface area contributed by atoms with Crippen molar-refractivity contribution in [2.24, 2.45) is 0 Å². The number of sulfonamides is 1. The van der Waals surface area contributed by atoms with E-state index in [1.807, 2.05) is 0 Å². The molecule has 9 nitrogen and oxygen atoms in total. The molecule has 2 unspecified atom stereocenters. The van der Waals surface area contributed by atoms with Crippen LogP contribution in [0.1, 0.15) is 24.8 Å². The van der Waals surface area contributed by atoms with E-state index < -0.39 is 27.3 Å². The smallest absolute Gasteiger partial charge is 0.267 e. The SMILES string of the molecule is COCCC1CCC(NS(=O)(=O)c2ccc(OCc3ccc(F)cc3Cl)cc2)(C(=O)NO)CO1. The van der Waals surface area contributed by atoms with Gasteiger partial charge in [0, 0.05) is 19.3 Å². The highest BCUT2D eigenvalue weighted by molar-refractivity contribution is 7.89. The van der Waals surface area contributed by atoms with Crippen LogP contribution < -0.4 is 14.9 Å². The predicted molar refractivity (Wildman–Crippen MR) is 121 cm³/mol. The van der Waals surface area contributed by atoms with Gasteiger partial charge in [0.25, 0.3) is 5.91 Å². The van der Waals surface area contributed by atoms with E-state index >= 15 is 0 Å². The lowest BCUT2D eigenvalue weighted by atomic mass is 9.89. The molecular formula is C22H26ClFN2O7S. The number of halogens is 2. The molecular weight excluding hydrogens is 491 g/mol. The van der Waals surface area contributed by atoms with Crippen LogP contribution in [0.3, 0.4) is 0 Å². The zero-order valence-corrected chi connectivity index (χ0v) is 20.0. The van der Waals surface area contributed by atoms with E-state index in [1.54, 1.807) is 7.11 Å². The van der Waals surface area contributed by atoms with E-state index in [9.17, 15) is 22.8 Å². The number of carbonyl (C=O) groups is 1. The van der Waals surface area contributed by atoms with Crippen LogP contribution in [0, 0.1) is 5.82 Å². The molecule has 0 radical (unpaired) electrons. The fourth-order valence-corrected chi connectivity index (χ4v) is 5.15. The molecule has 186 valence electrons. The van der Waals surface area contributed by atoms with Crippen molar-refractivity contribution in [3.63, 3.8) is 0 Å². The van der Waals surface area contributed by atoms with Gasteiger partial charge < -0.3 is 14.2 Å². The number of carbonyl (C=O) groups excluding carboxylic acids is 1. The molecule has 0 aromatic heterocycles. The molecule has 2 atom stereocenters. The summed E-state index contributed by atoms with van der Waals surface area (Å²) in [6, 6.07) is 9.47. The molecule has 12 heteroatoms. The van der Waals surface area contributed by atoms with E-state index in [1.165, 1.54) is 47.9 Å². The number of nitrogens with one attached hydrogen (secondary N) is 2. The molecule has 1 saturated heterocycles. The Labute approximate surface area is 202 Å². The quantitative estimate of drug-likeness (QED) is 0.328. The van der Waals surface area contributed by atoms with Crippen molar-refractivity contribution in [3.8, 4) is 5.75 Å². The van der Waals surface area contributed by atoms with Crippen molar-refractivity contribution in [2.45, 2.75) is 42.4 Å². The van der Waals surface area contributed by atoms with E-state index in [0.717, 1.165) is 0 Å². The Hall–Kier alpha value is -2.28. The number of hydroxylamine groups is 1. The average Bonchev–Trinajstić information content (AvgIpc) is 2.82. The first kappa shape index (κ1) is 26.3. The maximum absolute atomic E-state index is 13.2. The van der Waals surface area contributed by atoms with Crippen molar-refractivity contribution < 1.29 is 37.0 Å². The minimum atomic E-state index is -4.15. The van der Waals surface area contributed by atoms with Crippen LogP contribution in [-0.2, 0) is 30.9 Å². The van der Waals surface area contributed by atoms with Crippen LogP contribution in [0.25, 0.3) is 0 Å². The average molecular weight is 517 g/mol. The molecule has 3 rings (SSSR count). The number of amides is 1. The van der Waals surface area contributed by atoms with Crippen molar-refractivity contribution in [3.05, 3.63) is 58.9 Å². The van der Waals surface area contributed by atoms with E-state index in [0.29, 0.717) is 30.8 Å². The Morgan fingerprint density at radius 1 is 1.29 bits per heavy atom. The summed E-state index contributed by atoms with van der Waals surface area (Å²) >= 11 is 5.98. The summed E-state index contributed by atoms with van der Waals surface area (Å²) in [6.07, 6.45) is 0.949. The molecule has 1 amide bonds. The number of rotatable bonds is 10. The molecule has 3 N–H and O–H groups in total. The second-order valence-corrected chi connectivity index (χ2v) is 9.97. The van der Waals surface area contributed by atoms with Gasteiger partial charge in [0.05, 0.1) is 22.6 Å². The molecule has 0 aliphatic carbocycles. The summed E-state index contributed by atoms with van der Waals surface area (Å²) in [5, 5.41) is 9.41. The van der Waals surface area contributed by atoms with Gasteiger partial charge in [-0.15, -0.1) is 0 Å². The summed E-state index contributed by atoms with van der Waals surface area (Å²) in [6.45, 7) is 0.287. The van der Waals surface area contributed by atoms with Gasteiger partial charge >= 0.3 is 0 Å². The summed E-state index contributed by atoms with van der Waals surface area (Å²) in [5.41, 5.74) is 0.440. The summed E-state index contributed by atoms with van der Waals surface area (Å²) < 4.78 is 57.9. The Morgan fingerprint density at radius 2 is 2.03 bits per heavy atom. The summed E-state index contributed by atoms with van der Waals surface area (Å²) in [5.74, 6) is -1.00. The number of hydrogen-bond acceptors (Lipinski definition) is 7. The predicted octanol–water partition coefficient (Wildman–Crippen LogP) is 2.80. The number of benzene rings is 2. The first-order valence-corrected chi connectivity index (χ1v) is 12.3. The molecule has 2 aromatic rings. The molecule has 34 heavy (non-hydrogen) atoms. The maximum atomic E-state index is 13.2. The largest absolute Gasteiger partial charge is 0.489 e. The van der Waals surface area contributed by atoms with Crippen molar-refractivity contribution in [1.82, 2.24) is 10.2 Å². The van der Waals surface area contributed by atoms with Crippen LogP contribution in [0.4, 0.5) is 4.39 Å². The third-order valence-corrected chi connectivity index (χ3v) is 7.42. The molecule has 1 fully saturated rings. The Balaban J connectivity index is 1.68. The highest BCUT2D eigenvalue weighted by Crippen LogP contribution is 2.28. The van der Waals surface area contributed by atoms with Crippen molar-refractivity contribution >= 4 is 27.5 Å². The highest BCUT2D eigenvalue weighted by Gasteiger charge is 2.46. The zero-order chi connectivity index (χ0) is 24.8. The number of hydrogen-bond donors (Lipinski definition) is 3. The van der Waals surface area contributed by atoms with Crippen molar-refractivity contribution in [1.29, 1.82) is 0 Å². The highest BCUT2D eigenvalue weighted by atomic mass is 35.5. The van der Waals surface area contributed by atoms with Crippen LogP contribution in [0.2, 0.25) is 5.02 Å². The zero-order valence-electron chi connectivity index (χ0n) is 18.4. The fourth-order valence-electron chi connectivity index (χ4n) is 3.54. The first-order chi connectivity index (χ1) is 16.2. The van der Waals surface area contributed by atoms with E-state index in [4.69, 9.17) is 25.8 Å². The number of methoxy groups -OCH3 is 1. The van der Waals surface area contributed by atoms with Crippen LogP contribution in [0.5, 0.6) is 5.75 Å². The number of ether oxygens (including phenoxy) is 3. The lowest BCUT2D eigenvalue weighted by Gasteiger charge is -2.38.